The van der Waals surface area contributed by atoms with Gasteiger partial charge in [-0.1, -0.05) is 11.6 Å². The van der Waals surface area contributed by atoms with Gasteiger partial charge in [0.25, 0.3) is 15.9 Å². The molecule has 0 aliphatic heterocycles. The van der Waals surface area contributed by atoms with Gasteiger partial charge in [0.05, 0.1) is 12.1 Å². The van der Waals surface area contributed by atoms with E-state index < -0.39 is 28.5 Å². The maximum absolute atomic E-state index is 12.1. The van der Waals surface area contributed by atoms with Crippen LogP contribution in [0.2, 0.25) is 5.15 Å². The lowest BCUT2D eigenvalue weighted by atomic mass is 10.4. The van der Waals surface area contributed by atoms with Crippen molar-refractivity contribution in [2.45, 2.75) is 18.4 Å². The van der Waals surface area contributed by atoms with Gasteiger partial charge >= 0.3 is 5.97 Å². The first-order valence-electron chi connectivity index (χ1n) is 7.74. The van der Waals surface area contributed by atoms with Gasteiger partial charge in [0.2, 0.25) is 0 Å². The van der Waals surface area contributed by atoms with Gasteiger partial charge in [-0.15, -0.1) is 0 Å². The Hall–Kier alpha value is -2.50. The van der Waals surface area contributed by atoms with E-state index >= 15 is 0 Å². The summed E-state index contributed by atoms with van der Waals surface area (Å²) in [7, 11) is -2.16. The number of amides is 1. The number of rotatable bonds is 8. The SMILES string of the molecule is Cc1nc(S(=O)(=O)NCCC(=O)OCC(=O)Nc2cccnc2Cl)cn1C. The summed E-state index contributed by atoms with van der Waals surface area (Å²) in [6, 6.07) is 3.13. The molecule has 2 aromatic heterocycles. The van der Waals surface area contributed by atoms with Crippen LogP contribution >= 0.6 is 11.6 Å². The van der Waals surface area contributed by atoms with Gasteiger partial charge in [0, 0.05) is 26.0 Å². The first kappa shape index (κ1) is 20.8. The standard InChI is InChI=1S/C15H18ClN5O5S/c1-10-19-13(8-21(10)2)27(24,25)18-7-5-14(23)26-9-12(22)20-11-4-3-6-17-15(11)16/h3-4,6,8,18H,5,7,9H2,1-2H3,(H,20,22). The van der Waals surface area contributed by atoms with Crippen molar-refractivity contribution in [3.05, 3.63) is 35.5 Å². The van der Waals surface area contributed by atoms with Crippen LogP contribution in [-0.4, -0.2) is 48.0 Å². The highest BCUT2D eigenvalue weighted by Crippen LogP contribution is 2.17. The molecule has 27 heavy (non-hydrogen) atoms. The zero-order chi connectivity index (χ0) is 20.0. The summed E-state index contributed by atoms with van der Waals surface area (Å²) in [5.41, 5.74) is 0.290. The van der Waals surface area contributed by atoms with Crippen LogP contribution in [0.5, 0.6) is 0 Å². The van der Waals surface area contributed by atoms with Gasteiger partial charge in [0.1, 0.15) is 5.82 Å². The molecule has 0 unspecified atom stereocenters. The second-order valence-corrected chi connectivity index (χ2v) is 7.51. The number of hydrogen-bond donors (Lipinski definition) is 2. The van der Waals surface area contributed by atoms with Crippen LogP contribution in [0.4, 0.5) is 5.69 Å². The number of carbonyl (C=O) groups is 2. The van der Waals surface area contributed by atoms with Gasteiger partial charge in [-0.2, -0.15) is 0 Å². The minimum atomic E-state index is -3.82. The van der Waals surface area contributed by atoms with E-state index in [-0.39, 0.29) is 23.1 Å². The molecule has 0 aromatic carbocycles. The molecule has 0 saturated heterocycles. The molecule has 0 atom stereocenters. The molecule has 0 saturated carbocycles. The third kappa shape index (κ3) is 6.01. The summed E-state index contributed by atoms with van der Waals surface area (Å²) in [4.78, 5) is 31.1. The van der Waals surface area contributed by atoms with Gasteiger partial charge in [0.15, 0.2) is 16.8 Å². The number of hydrogen-bond acceptors (Lipinski definition) is 7. The van der Waals surface area contributed by atoms with E-state index in [9.17, 15) is 18.0 Å². The van der Waals surface area contributed by atoms with E-state index in [1.54, 1.807) is 30.7 Å². The zero-order valence-electron chi connectivity index (χ0n) is 14.6. The first-order chi connectivity index (χ1) is 12.7. The van der Waals surface area contributed by atoms with Gasteiger partial charge < -0.3 is 14.6 Å². The third-order valence-corrected chi connectivity index (χ3v) is 5.01. The predicted octanol–water partition coefficient (Wildman–Crippen LogP) is 0.627. The Balaban J connectivity index is 1.74. The van der Waals surface area contributed by atoms with E-state index in [1.165, 1.54) is 12.4 Å². The van der Waals surface area contributed by atoms with Crippen LogP contribution in [0.15, 0.2) is 29.6 Å². The van der Waals surface area contributed by atoms with Crippen molar-refractivity contribution in [3.8, 4) is 0 Å². The number of ether oxygens (including phenoxy) is 1. The van der Waals surface area contributed by atoms with Crippen molar-refractivity contribution in [1.29, 1.82) is 0 Å². The highest BCUT2D eigenvalue weighted by Gasteiger charge is 2.19. The van der Waals surface area contributed by atoms with Crippen molar-refractivity contribution in [3.63, 3.8) is 0 Å². The zero-order valence-corrected chi connectivity index (χ0v) is 16.2. The number of pyridine rings is 1. The summed E-state index contributed by atoms with van der Waals surface area (Å²) >= 11 is 5.80. The van der Waals surface area contributed by atoms with Crippen LogP contribution in [0.25, 0.3) is 0 Å². The summed E-state index contributed by atoms with van der Waals surface area (Å²) in [5, 5.41) is 2.41. The maximum Gasteiger partial charge on any atom is 0.307 e. The number of esters is 1. The van der Waals surface area contributed by atoms with Gasteiger partial charge in [-0.3, -0.25) is 9.59 Å². The van der Waals surface area contributed by atoms with Crippen molar-refractivity contribution >= 4 is 39.2 Å². The van der Waals surface area contributed by atoms with Crippen LogP contribution in [0.1, 0.15) is 12.2 Å². The number of anilines is 1. The minimum absolute atomic E-state index is 0.108. The lowest BCUT2D eigenvalue weighted by Gasteiger charge is -2.07. The van der Waals surface area contributed by atoms with Gasteiger partial charge in [-0.25, -0.2) is 23.1 Å². The molecule has 0 aliphatic rings. The largest absolute Gasteiger partial charge is 0.456 e. The van der Waals surface area contributed by atoms with Gasteiger partial charge in [-0.05, 0) is 19.1 Å². The quantitative estimate of drug-likeness (QED) is 0.477. The van der Waals surface area contributed by atoms with Crippen molar-refractivity contribution in [2.24, 2.45) is 7.05 Å². The Bertz CT molecular complexity index is 924. The Morgan fingerprint density at radius 1 is 1.37 bits per heavy atom. The monoisotopic (exact) mass is 415 g/mol. The predicted molar refractivity (Wildman–Crippen MR) is 96.6 cm³/mol. The lowest BCUT2D eigenvalue weighted by Crippen LogP contribution is -2.28. The molecule has 1 amide bonds. The second-order valence-electron chi connectivity index (χ2n) is 5.44. The van der Waals surface area contributed by atoms with E-state index in [0.717, 1.165) is 0 Å². The van der Waals surface area contributed by atoms with Crippen LogP contribution < -0.4 is 10.0 Å². The molecular formula is C15H18ClN5O5S. The third-order valence-electron chi connectivity index (χ3n) is 3.38. The van der Waals surface area contributed by atoms with E-state index in [0.29, 0.717) is 11.5 Å². The molecule has 0 bridgehead atoms. The Morgan fingerprint density at radius 2 is 2.11 bits per heavy atom. The Morgan fingerprint density at radius 3 is 2.74 bits per heavy atom. The molecule has 146 valence electrons. The number of nitrogens with one attached hydrogen (secondary N) is 2. The molecule has 2 aromatic rings. The highest BCUT2D eigenvalue weighted by atomic mass is 35.5. The van der Waals surface area contributed by atoms with E-state index in [1.807, 2.05) is 0 Å². The van der Waals surface area contributed by atoms with Crippen molar-refractivity contribution in [1.82, 2.24) is 19.3 Å². The fraction of sp³-hybridized carbons (Fsp3) is 0.333. The highest BCUT2D eigenvalue weighted by molar-refractivity contribution is 7.89. The average Bonchev–Trinajstić information content (AvgIpc) is 2.95. The molecule has 0 radical (unpaired) electrons. The fourth-order valence-electron chi connectivity index (χ4n) is 1.90. The molecule has 10 nitrogen and oxygen atoms in total. The molecule has 0 fully saturated rings. The number of halogens is 1. The molecule has 12 heteroatoms. The number of nitrogens with zero attached hydrogens (tertiary/aromatic N) is 3. The van der Waals surface area contributed by atoms with Crippen LogP contribution in [0, 0.1) is 6.92 Å². The van der Waals surface area contributed by atoms with Crippen molar-refractivity contribution < 1.29 is 22.7 Å². The molecule has 2 rings (SSSR count). The summed E-state index contributed by atoms with van der Waals surface area (Å²) < 4.78 is 32.7. The summed E-state index contributed by atoms with van der Waals surface area (Å²) in [6.07, 6.45) is 2.58. The maximum atomic E-state index is 12.1. The average molecular weight is 416 g/mol. The van der Waals surface area contributed by atoms with Crippen LogP contribution in [-0.2, 0) is 31.4 Å². The molecular weight excluding hydrogens is 398 g/mol. The number of aryl methyl sites for hydroxylation is 2. The van der Waals surface area contributed by atoms with Crippen molar-refractivity contribution in [2.75, 3.05) is 18.5 Å². The fourth-order valence-corrected chi connectivity index (χ4v) is 3.14. The molecule has 2 heterocycles. The Kier molecular flexibility index (Phi) is 6.88. The first-order valence-corrected chi connectivity index (χ1v) is 9.61. The smallest absolute Gasteiger partial charge is 0.307 e. The molecule has 0 spiro atoms. The second kappa shape index (κ2) is 8.93. The molecule has 0 aliphatic carbocycles. The normalized spacial score (nSPS) is 11.2. The Labute approximate surface area is 161 Å². The topological polar surface area (TPSA) is 132 Å². The number of sulfonamides is 1. The minimum Gasteiger partial charge on any atom is -0.456 e. The number of aromatic nitrogens is 3. The van der Waals surface area contributed by atoms with Crippen LogP contribution in [0.3, 0.4) is 0 Å². The number of imidazole rings is 1. The van der Waals surface area contributed by atoms with E-state index in [4.69, 9.17) is 16.3 Å². The molecule has 2 N–H and O–H groups in total. The summed E-state index contributed by atoms with van der Waals surface area (Å²) in [6.45, 7) is 0.948. The summed E-state index contributed by atoms with van der Waals surface area (Å²) in [5.74, 6) is -0.792. The van der Waals surface area contributed by atoms with E-state index in [2.05, 4.69) is 20.0 Å². The number of carbonyl (C=O) groups excluding carboxylic acids is 2. The lowest BCUT2D eigenvalue weighted by molar-refractivity contribution is -0.147.